The van der Waals surface area contributed by atoms with Crippen LogP contribution in [0.4, 0.5) is 0 Å². The van der Waals surface area contributed by atoms with Gasteiger partial charge in [-0.25, -0.2) is 4.79 Å². The van der Waals surface area contributed by atoms with Gasteiger partial charge in [-0.3, -0.25) is 4.99 Å². The summed E-state index contributed by atoms with van der Waals surface area (Å²) < 4.78 is 4.91. The van der Waals surface area contributed by atoms with E-state index < -0.39 is 0 Å². The standard InChI is InChI=1S/C14H13NO2S/c1-2-17-13(16)10-9-18-14-7-4-3-5-12(14)15-8-6-11(10)14/h3-6,8-9H,2,7H2,1H3. The van der Waals surface area contributed by atoms with Gasteiger partial charge in [0.15, 0.2) is 0 Å². The zero-order valence-corrected chi connectivity index (χ0v) is 10.9. The molecule has 0 aromatic heterocycles. The average Bonchev–Trinajstić information content (AvgIpc) is 2.76. The van der Waals surface area contributed by atoms with Crippen molar-refractivity contribution in [3.05, 3.63) is 46.6 Å². The zero-order chi connectivity index (χ0) is 12.6. The van der Waals surface area contributed by atoms with E-state index in [4.69, 9.17) is 4.74 Å². The molecule has 0 aromatic rings. The summed E-state index contributed by atoms with van der Waals surface area (Å²) in [6, 6.07) is 0. The van der Waals surface area contributed by atoms with Gasteiger partial charge in [-0.05, 0) is 36.5 Å². The van der Waals surface area contributed by atoms with Crippen LogP contribution in [-0.2, 0) is 9.53 Å². The van der Waals surface area contributed by atoms with E-state index in [-0.39, 0.29) is 10.7 Å². The number of rotatable bonds is 2. The number of aliphatic imine (C=N–C) groups is 1. The molecular weight excluding hydrogens is 246 g/mol. The Kier molecular flexibility index (Phi) is 2.74. The van der Waals surface area contributed by atoms with E-state index in [1.807, 2.05) is 30.6 Å². The van der Waals surface area contributed by atoms with Crippen molar-refractivity contribution in [2.24, 2.45) is 4.99 Å². The SMILES string of the molecule is CCOC(=O)C1=CSC23CC=CC=C2N=CC=C13. The van der Waals surface area contributed by atoms with Crippen LogP contribution in [0, 0.1) is 0 Å². The minimum absolute atomic E-state index is 0.203. The number of thioether (sulfide) groups is 1. The molecule has 0 amide bonds. The molecular formula is C14H13NO2S. The second-order valence-corrected chi connectivity index (χ2v) is 5.41. The monoisotopic (exact) mass is 259 g/mol. The maximum Gasteiger partial charge on any atom is 0.338 e. The second-order valence-electron chi connectivity index (χ2n) is 4.24. The fraction of sp³-hybridized carbons (Fsp3) is 0.286. The van der Waals surface area contributed by atoms with E-state index in [0.717, 1.165) is 17.7 Å². The number of ether oxygens (including phenoxy) is 1. The molecule has 1 spiro atoms. The van der Waals surface area contributed by atoms with E-state index in [9.17, 15) is 4.79 Å². The van der Waals surface area contributed by atoms with Crippen molar-refractivity contribution >= 4 is 23.9 Å². The number of hydrogen-bond donors (Lipinski definition) is 0. The zero-order valence-electron chi connectivity index (χ0n) is 10.1. The molecule has 0 N–H and O–H groups in total. The van der Waals surface area contributed by atoms with Gasteiger partial charge < -0.3 is 4.74 Å². The Labute approximate surface area is 110 Å². The number of dihydropyridines is 1. The first-order chi connectivity index (χ1) is 8.78. The van der Waals surface area contributed by atoms with Gasteiger partial charge in [0, 0.05) is 6.21 Å². The number of allylic oxidation sites excluding steroid dienone is 4. The fourth-order valence-corrected chi connectivity index (χ4v) is 3.70. The van der Waals surface area contributed by atoms with E-state index in [0.29, 0.717) is 12.2 Å². The van der Waals surface area contributed by atoms with Crippen LogP contribution < -0.4 is 0 Å². The minimum Gasteiger partial charge on any atom is -0.462 e. The molecule has 3 nitrogen and oxygen atoms in total. The van der Waals surface area contributed by atoms with Crippen LogP contribution >= 0.6 is 11.8 Å². The molecule has 1 aliphatic carbocycles. The molecule has 2 aliphatic heterocycles. The molecule has 0 fully saturated rings. The van der Waals surface area contributed by atoms with Gasteiger partial charge in [-0.1, -0.05) is 12.2 Å². The third-order valence-electron chi connectivity index (χ3n) is 3.26. The van der Waals surface area contributed by atoms with Crippen molar-refractivity contribution in [1.82, 2.24) is 0 Å². The summed E-state index contributed by atoms with van der Waals surface area (Å²) in [6.45, 7) is 2.22. The summed E-state index contributed by atoms with van der Waals surface area (Å²) in [5.41, 5.74) is 2.72. The molecule has 92 valence electrons. The lowest BCUT2D eigenvalue weighted by Gasteiger charge is -2.33. The third-order valence-corrected chi connectivity index (χ3v) is 4.61. The molecule has 0 saturated carbocycles. The lowest BCUT2D eigenvalue weighted by molar-refractivity contribution is -0.138. The first kappa shape index (κ1) is 11.5. The van der Waals surface area contributed by atoms with E-state index >= 15 is 0 Å². The predicted octanol–water partition coefficient (Wildman–Crippen LogP) is 2.77. The smallest absolute Gasteiger partial charge is 0.338 e. The second kappa shape index (κ2) is 4.28. The third kappa shape index (κ3) is 1.52. The van der Waals surface area contributed by atoms with Crippen molar-refractivity contribution in [2.75, 3.05) is 6.61 Å². The van der Waals surface area contributed by atoms with Gasteiger partial charge in [0.2, 0.25) is 0 Å². The molecule has 1 atom stereocenters. The molecule has 0 bridgehead atoms. The quantitative estimate of drug-likeness (QED) is 0.716. The predicted molar refractivity (Wildman–Crippen MR) is 73.5 cm³/mol. The lowest BCUT2D eigenvalue weighted by Crippen LogP contribution is -2.31. The van der Waals surface area contributed by atoms with Gasteiger partial charge in [-0.2, -0.15) is 0 Å². The van der Waals surface area contributed by atoms with Gasteiger partial charge in [0.25, 0.3) is 0 Å². The fourth-order valence-electron chi connectivity index (χ4n) is 2.42. The van der Waals surface area contributed by atoms with E-state index in [1.54, 1.807) is 18.0 Å². The maximum atomic E-state index is 11.9. The molecule has 0 radical (unpaired) electrons. The van der Waals surface area contributed by atoms with Crippen LogP contribution in [0.15, 0.2) is 51.5 Å². The highest BCUT2D eigenvalue weighted by atomic mass is 32.2. The maximum absolute atomic E-state index is 11.9. The molecule has 3 rings (SSSR count). The minimum atomic E-state index is -0.239. The lowest BCUT2D eigenvalue weighted by atomic mass is 9.83. The highest BCUT2D eigenvalue weighted by Crippen LogP contribution is 2.54. The largest absolute Gasteiger partial charge is 0.462 e. The number of carbonyl (C=O) groups is 1. The van der Waals surface area contributed by atoms with Crippen LogP contribution in [-0.4, -0.2) is 23.5 Å². The Balaban J connectivity index is 1.99. The normalized spacial score (nSPS) is 27.9. The summed E-state index contributed by atoms with van der Waals surface area (Å²) >= 11 is 1.66. The molecule has 18 heavy (non-hydrogen) atoms. The molecule has 2 heterocycles. The number of carbonyl (C=O) groups excluding carboxylic acids is 1. The van der Waals surface area contributed by atoms with Crippen LogP contribution in [0.3, 0.4) is 0 Å². The summed E-state index contributed by atoms with van der Waals surface area (Å²) in [6.07, 6.45) is 10.7. The molecule has 4 heteroatoms. The topological polar surface area (TPSA) is 38.7 Å². The molecule has 3 aliphatic rings. The number of hydrogen-bond acceptors (Lipinski definition) is 4. The highest BCUT2D eigenvalue weighted by Gasteiger charge is 2.46. The number of nitrogens with zero attached hydrogens (tertiary/aromatic N) is 1. The van der Waals surface area contributed by atoms with Crippen LogP contribution in [0.2, 0.25) is 0 Å². The summed E-state index contributed by atoms with van der Waals surface area (Å²) in [5, 5.41) is 1.91. The Bertz CT molecular complexity index is 554. The van der Waals surface area contributed by atoms with Crippen molar-refractivity contribution in [1.29, 1.82) is 0 Å². The Morgan fingerprint density at radius 2 is 2.44 bits per heavy atom. The number of esters is 1. The van der Waals surface area contributed by atoms with Gasteiger partial charge in [0.1, 0.15) is 0 Å². The summed E-state index contributed by atoms with van der Waals surface area (Å²) in [5.74, 6) is -0.239. The Morgan fingerprint density at radius 3 is 3.28 bits per heavy atom. The van der Waals surface area contributed by atoms with E-state index in [1.165, 1.54) is 0 Å². The first-order valence-corrected chi connectivity index (χ1v) is 6.83. The van der Waals surface area contributed by atoms with Crippen molar-refractivity contribution < 1.29 is 9.53 Å². The Morgan fingerprint density at radius 1 is 1.56 bits per heavy atom. The van der Waals surface area contributed by atoms with Crippen LogP contribution in [0.5, 0.6) is 0 Å². The van der Waals surface area contributed by atoms with Gasteiger partial charge in [-0.15, -0.1) is 11.8 Å². The summed E-state index contributed by atoms with van der Waals surface area (Å²) in [4.78, 5) is 16.4. The van der Waals surface area contributed by atoms with E-state index in [2.05, 4.69) is 11.1 Å². The first-order valence-electron chi connectivity index (χ1n) is 5.95. The molecule has 0 aromatic carbocycles. The van der Waals surface area contributed by atoms with Crippen molar-refractivity contribution in [3.63, 3.8) is 0 Å². The van der Waals surface area contributed by atoms with Gasteiger partial charge in [0.05, 0.1) is 22.6 Å². The average molecular weight is 259 g/mol. The Hall–Kier alpha value is -1.55. The van der Waals surface area contributed by atoms with Crippen LogP contribution in [0.1, 0.15) is 13.3 Å². The molecule has 0 saturated heterocycles. The van der Waals surface area contributed by atoms with Crippen LogP contribution in [0.25, 0.3) is 0 Å². The van der Waals surface area contributed by atoms with Crippen molar-refractivity contribution in [2.45, 2.75) is 18.1 Å². The van der Waals surface area contributed by atoms with Crippen molar-refractivity contribution in [3.8, 4) is 0 Å². The van der Waals surface area contributed by atoms with Gasteiger partial charge >= 0.3 is 5.97 Å². The summed E-state index contributed by atoms with van der Waals surface area (Å²) in [7, 11) is 0. The molecule has 1 unspecified atom stereocenters. The highest BCUT2D eigenvalue weighted by molar-refractivity contribution is 8.04.